The van der Waals surface area contributed by atoms with E-state index < -0.39 is 5.97 Å². The average molecular weight is 209 g/mol. The minimum Gasteiger partial charge on any atom is -0.478 e. The maximum Gasteiger partial charge on any atom is 0.327 e. The van der Waals surface area contributed by atoms with Crippen LogP contribution in [0.1, 0.15) is 32.0 Å². The molecule has 0 aliphatic rings. The van der Waals surface area contributed by atoms with E-state index in [9.17, 15) is 4.79 Å². The molecule has 15 heavy (non-hydrogen) atoms. The van der Waals surface area contributed by atoms with E-state index in [1.807, 2.05) is 20.0 Å². The molecule has 0 spiro atoms. The third-order valence-corrected chi connectivity index (χ3v) is 1.91. The van der Waals surface area contributed by atoms with Gasteiger partial charge in [-0.1, -0.05) is 11.3 Å². The van der Waals surface area contributed by atoms with Crippen molar-refractivity contribution in [2.45, 2.75) is 32.7 Å². The Balaban J connectivity index is 2.41. The van der Waals surface area contributed by atoms with Crippen molar-refractivity contribution in [3.8, 4) is 0 Å². The molecule has 0 radical (unpaired) electrons. The van der Waals surface area contributed by atoms with Crippen molar-refractivity contribution in [1.82, 2.24) is 15.0 Å². The van der Waals surface area contributed by atoms with Gasteiger partial charge in [-0.15, -0.1) is 5.10 Å². The second-order valence-corrected chi connectivity index (χ2v) is 3.56. The van der Waals surface area contributed by atoms with Crippen LogP contribution < -0.4 is 0 Å². The molecule has 5 nitrogen and oxygen atoms in total. The van der Waals surface area contributed by atoms with Crippen LogP contribution in [0, 0.1) is 0 Å². The van der Waals surface area contributed by atoms with Gasteiger partial charge in [0.2, 0.25) is 0 Å². The van der Waals surface area contributed by atoms with Crippen LogP contribution >= 0.6 is 0 Å². The van der Waals surface area contributed by atoms with Gasteiger partial charge in [0, 0.05) is 18.3 Å². The number of aromatic nitrogens is 3. The van der Waals surface area contributed by atoms with Gasteiger partial charge >= 0.3 is 5.97 Å². The van der Waals surface area contributed by atoms with Crippen molar-refractivity contribution >= 4 is 5.97 Å². The van der Waals surface area contributed by atoms with Gasteiger partial charge in [0.25, 0.3) is 0 Å². The first kappa shape index (κ1) is 11.4. The molecule has 1 aromatic heterocycles. The Labute approximate surface area is 88.4 Å². The number of rotatable bonds is 5. The highest BCUT2D eigenvalue weighted by molar-refractivity contribution is 5.79. The summed E-state index contributed by atoms with van der Waals surface area (Å²) in [6, 6.07) is 0.306. The van der Waals surface area contributed by atoms with Gasteiger partial charge in [-0.2, -0.15) is 0 Å². The summed E-state index contributed by atoms with van der Waals surface area (Å²) in [4.78, 5) is 10.2. The molecule has 1 N–H and O–H groups in total. The highest BCUT2D eigenvalue weighted by atomic mass is 16.4. The molecule has 5 heteroatoms. The number of allylic oxidation sites excluding steroid dienone is 1. The predicted molar refractivity (Wildman–Crippen MR) is 55.5 cm³/mol. The fourth-order valence-corrected chi connectivity index (χ4v) is 1.10. The molecule has 0 bridgehead atoms. The lowest BCUT2D eigenvalue weighted by Crippen LogP contribution is -2.00. The number of aryl methyl sites for hydroxylation is 1. The smallest absolute Gasteiger partial charge is 0.327 e. The maximum atomic E-state index is 10.2. The Morgan fingerprint density at radius 2 is 2.40 bits per heavy atom. The van der Waals surface area contributed by atoms with Gasteiger partial charge in [0.1, 0.15) is 0 Å². The lowest BCUT2D eigenvalue weighted by atomic mass is 10.2. The van der Waals surface area contributed by atoms with Gasteiger partial charge in [0.05, 0.1) is 5.69 Å². The first-order valence-electron chi connectivity index (χ1n) is 4.89. The number of carbonyl (C=O) groups is 1. The number of carboxylic acid groups (broad SMARTS) is 1. The van der Waals surface area contributed by atoms with Gasteiger partial charge in [0.15, 0.2) is 0 Å². The molecule has 0 saturated heterocycles. The van der Waals surface area contributed by atoms with E-state index in [0.29, 0.717) is 12.5 Å². The predicted octanol–water partition coefficient (Wildman–Crippen LogP) is 1.43. The highest BCUT2D eigenvalue weighted by Crippen LogP contribution is 2.04. The Morgan fingerprint density at radius 3 is 2.93 bits per heavy atom. The van der Waals surface area contributed by atoms with E-state index in [-0.39, 0.29) is 0 Å². The largest absolute Gasteiger partial charge is 0.478 e. The van der Waals surface area contributed by atoms with E-state index in [1.165, 1.54) is 0 Å². The summed E-state index contributed by atoms with van der Waals surface area (Å²) >= 11 is 0. The summed E-state index contributed by atoms with van der Waals surface area (Å²) in [5.41, 5.74) is 0.888. The van der Waals surface area contributed by atoms with Crippen molar-refractivity contribution in [2.75, 3.05) is 0 Å². The van der Waals surface area contributed by atoms with Crippen LogP contribution in [0.4, 0.5) is 0 Å². The zero-order chi connectivity index (χ0) is 11.3. The molecule has 1 rings (SSSR count). The molecular formula is C10H15N3O2. The zero-order valence-corrected chi connectivity index (χ0v) is 8.92. The molecule has 1 aromatic rings. The quantitative estimate of drug-likeness (QED) is 0.745. The molecule has 0 saturated carbocycles. The maximum absolute atomic E-state index is 10.2. The number of carboxylic acids is 1. The average Bonchev–Trinajstić information content (AvgIpc) is 2.60. The fraction of sp³-hybridized carbons (Fsp3) is 0.500. The van der Waals surface area contributed by atoms with Gasteiger partial charge < -0.3 is 5.11 Å². The SMILES string of the molecule is CC(C)n1cc(CC/C=C/C(=O)O)nn1. The normalized spacial score (nSPS) is 11.4. The minimum atomic E-state index is -0.916. The second-order valence-electron chi connectivity index (χ2n) is 3.56. The summed E-state index contributed by atoms with van der Waals surface area (Å²) < 4.78 is 1.79. The molecule has 0 atom stereocenters. The van der Waals surface area contributed by atoms with Crippen LogP contribution in [0.2, 0.25) is 0 Å². The van der Waals surface area contributed by atoms with E-state index in [0.717, 1.165) is 18.2 Å². The molecular weight excluding hydrogens is 194 g/mol. The molecule has 0 aliphatic heterocycles. The van der Waals surface area contributed by atoms with Crippen LogP contribution in [0.25, 0.3) is 0 Å². The zero-order valence-electron chi connectivity index (χ0n) is 8.92. The lowest BCUT2D eigenvalue weighted by Gasteiger charge is -2.00. The topological polar surface area (TPSA) is 68.0 Å². The summed E-state index contributed by atoms with van der Waals surface area (Å²) in [6.45, 7) is 4.06. The Bertz CT molecular complexity index is 355. The summed E-state index contributed by atoms with van der Waals surface area (Å²) in [6.07, 6.45) is 6.04. The van der Waals surface area contributed by atoms with Crippen LogP contribution in [0.15, 0.2) is 18.3 Å². The summed E-state index contributed by atoms with van der Waals surface area (Å²) in [5, 5.41) is 16.3. The van der Waals surface area contributed by atoms with Crippen molar-refractivity contribution in [3.63, 3.8) is 0 Å². The van der Waals surface area contributed by atoms with E-state index in [1.54, 1.807) is 10.8 Å². The van der Waals surface area contributed by atoms with Gasteiger partial charge in [-0.3, -0.25) is 0 Å². The van der Waals surface area contributed by atoms with Crippen molar-refractivity contribution in [1.29, 1.82) is 0 Å². The standard InChI is InChI=1S/C10H15N3O2/c1-8(2)13-7-9(11-12-13)5-3-4-6-10(14)15/h4,6-8H,3,5H2,1-2H3,(H,14,15)/b6-4+. The molecule has 0 aromatic carbocycles. The number of hydrogen-bond acceptors (Lipinski definition) is 3. The van der Waals surface area contributed by atoms with E-state index in [4.69, 9.17) is 5.11 Å². The van der Waals surface area contributed by atoms with Gasteiger partial charge in [-0.25, -0.2) is 9.48 Å². The molecule has 0 aliphatic carbocycles. The molecule has 0 amide bonds. The Morgan fingerprint density at radius 1 is 1.67 bits per heavy atom. The van der Waals surface area contributed by atoms with Crippen molar-refractivity contribution < 1.29 is 9.90 Å². The number of aliphatic carboxylic acids is 1. The molecule has 1 heterocycles. The summed E-state index contributed by atoms with van der Waals surface area (Å²) in [5.74, 6) is -0.916. The molecule has 82 valence electrons. The first-order valence-corrected chi connectivity index (χ1v) is 4.89. The molecule has 0 unspecified atom stereocenters. The molecule has 0 fully saturated rings. The highest BCUT2D eigenvalue weighted by Gasteiger charge is 2.02. The van der Waals surface area contributed by atoms with Crippen LogP contribution in [0.3, 0.4) is 0 Å². The summed E-state index contributed by atoms with van der Waals surface area (Å²) in [7, 11) is 0. The Hall–Kier alpha value is -1.65. The van der Waals surface area contributed by atoms with Crippen LogP contribution in [-0.2, 0) is 11.2 Å². The van der Waals surface area contributed by atoms with Crippen molar-refractivity contribution in [3.05, 3.63) is 24.0 Å². The minimum absolute atomic E-state index is 0.306. The number of nitrogens with zero attached hydrogens (tertiary/aromatic N) is 3. The fourth-order valence-electron chi connectivity index (χ4n) is 1.10. The monoisotopic (exact) mass is 209 g/mol. The van der Waals surface area contributed by atoms with Crippen molar-refractivity contribution in [2.24, 2.45) is 0 Å². The number of hydrogen-bond donors (Lipinski definition) is 1. The van der Waals surface area contributed by atoms with Crippen LogP contribution in [0.5, 0.6) is 0 Å². The second kappa shape index (κ2) is 5.29. The first-order chi connectivity index (χ1) is 7.09. The lowest BCUT2D eigenvalue weighted by molar-refractivity contribution is -0.131. The Kier molecular flexibility index (Phi) is 4.03. The van der Waals surface area contributed by atoms with Crippen LogP contribution in [-0.4, -0.2) is 26.1 Å². The van der Waals surface area contributed by atoms with Gasteiger partial charge in [-0.05, 0) is 26.7 Å². The third-order valence-electron chi connectivity index (χ3n) is 1.91. The van der Waals surface area contributed by atoms with E-state index >= 15 is 0 Å². The third kappa shape index (κ3) is 3.93. The van der Waals surface area contributed by atoms with E-state index in [2.05, 4.69) is 10.3 Å².